The van der Waals surface area contributed by atoms with E-state index in [4.69, 9.17) is 4.74 Å². The molecule has 0 radical (unpaired) electrons. The molecule has 7 heteroatoms. The molecule has 0 spiro atoms. The molecule has 3 atom stereocenters. The number of rotatable bonds is 16. The van der Waals surface area contributed by atoms with Gasteiger partial charge < -0.3 is 20.5 Å². The number of benzene rings is 2. The highest BCUT2D eigenvalue weighted by atomic mass is 16.5. The number of nitrogens with one attached hydrogen (secondary N) is 2. The number of carbonyl (C=O) groups excluding carboxylic acids is 3. The summed E-state index contributed by atoms with van der Waals surface area (Å²) in [7, 11) is 0. The lowest BCUT2D eigenvalue weighted by atomic mass is 9.98. The number of esters is 1. The van der Waals surface area contributed by atoms with Crippen molar-refractivity contribution in [2.24, 2.45) is 5.92 Å². The Balaban J connectivity index is 1.97. The number of hydrogen-bond acceptors (Lipinski definition) is 5. The van der Waals surface area contributed by atoms with Crippen molar-refractivity contribution in [3.8, 4) is 0 Å². The third kappa shape index (κ3) is 10.3. The third-order valence-electron chi connectivity index (χ3n) is 5.62. The normalized spacial score (nSPS) is 13.0. The molecule has 0 saturated heterocycles. The maximum atomic E-state index is 13.0. The lowest BCUT2D eigenvalue weighted by Crippen LogP contribution is -2.42. The molecule has 7 nitrogen and oxygen atoms in total. The summed E-state index contributed by atoms with van der Waals surface area (Å²) in [6, 6.07) is 18.3. The second-order valence-electron chi connectivity index (χ2n) is 8.52. The fourth-order valence-corrected chi connectivity index (χ4v) is 3.72. The summed E-state index contributed by atoms with van der Waals surface area (Å²) in [6.07, 6.45) is 4.02. The van der Waals surface area contributed by atoms with Crippen molar-refractivity contribution >= 4 is 17.8 Å². The average molecular weight is 493 g/mol. The molecular formula is C29H36N2O5. The molecule has 2 aromatic carbocycles. The summed E-state index contributed by atoms with van der Waals surface area (Å²) in [5.41, 5.74) is 1.75. The molecule has 0 aliphatic rings. The quantitative estimate of drug-likeness (QED) is 0.245. The number of amides is 2. The van der Waals surface area contributed by atoms with Crippen molar-refractivity contribution < 1.29 is 24.2 Å². The van der Waals surface area contributed by atoms with Crippen LogP contribution >= 0.6 is 0 Å². The number of aliphatic hydroxyl groups is 1. The van der Waals surface area contributed by atoms with Crippen LogP contribution in [0.1, 0.15) is 42.9 Å². The van der Waals surface area contributed by atoms with Crippen LogP contribution in [0.5, 0.6) is 0 Å². The van der Waals surface area contributed by atoms with E-state index in [2.05, 4.69) is 23.8 Å². The minimum atomic E-state index is -0.657. The summed E-state index contributed by atoms with van der Waals surface area (Å²) in [4.78, 5) is 37.9. The summed E-state index contributed by atoms with van der Waals surface area (Å²) in [5, 5.41) is 15.3. The van der Waals surface area contributed by atoms with Crippen LogP contribution < -0.4 is 10.6 Å². The van der Waals surface area contributed by atoms with E-state index in [0.717, 1.165) is 11.1 Å². The standard InChI is InChI=1S/C29H36N2O5/c1-3-5-17-28(34)36-26(23-15-10-7-11-16-23)20-30-29(35)24(12-4-2)19-27(33)31-25(21-32)18-22-13-8-6-9-14-22/h3-4,6-11,13-16,24-26,32H,1-2,5,12,17-21H2,(H,30,35)(H,31,33)/t24-,25+,26-/m1/s1. The van der Waals surface area contributed by atoms with Crippen LogP contribution in [0.15, 0.2) is 86.0 Å². The number of ether oxygens (including phenoxy) is 1. The minimum Gasteiger partial charge on any atom is -0.456 e. The van der Waals surface area contributed by atoms with E-state index in [1.54, 1.807) is 12.2 Å². The first kappa shape index (κ1) is 28.5. The van der Waals surface area contributed by atoms with Gasteiger partial charge in [0.2, 0.25) is 11.8 Å². The van der Waals surface area contributed by atoms with Crippen LogP contribution in [-0.2, 0) is 25.5 Å². The first-order chi connectivity index (χ1) is 17.5. The highest BCUT2D eigenvalue weighted by molar-refractivity contribution is 5.86. The van der Waals surface area contributed by atoms with E-state index < -0.39 is 18.1 Å². The van der Waals surface area contributed by atoms with E-state index in [1.807, 2.05) is 60.7 Å². The molecular weight excluding hydrogens is 456 g/mol. The Bertz CT molecular complexity index is 978. The van der Waals surface area contributed by atoms with Gasteiger partial charge in [0, 0.05) is 12.8 Å². The first-order valence-corrected chi connectivity index (χ1v) is 12.1. The van der Waals surface area contributed by atoms with Crippen molar-refractivity contribution in [3.05, 3.63) is 97.1 Å². The van der Waals surface area contributed by atoms with Gasteiger partial charge in [-0.05, 0) is 30.4 Å². The van der Waals surface area contributed by atoms with Gasteiger partial charge in [0.25, 0.3) is 0 Å². The largest absolute Gasteiger partial charge is 0.456 e. The van der Waals surface area contributed by atoms with E-state index in [-0.39, 0.29) is 43.8 Å². The van der Waals surface area contributed by atoms with Crippen molar-refractivity contribution in [2.45, 2.75) is 44.2 Å². The maximum Gasteiger partial charge on any atom is 0.306 e. The van der Waals surface area contributed by atoms with Crippen LogP contribution in [0, 0.1) is 5.92 Å². The number of allylic oxidation sites excluding steroid dienone is 2. The van der Waals surface area contributed by atoms with Gasteiger partial charge in [-0.1, -0.05) is 72.8 Å². The Morgan fingerprint density at radius 1 is 0.972 bits per heavy atom. The Labute approximate surface area is 213 Å². The molecule has 3 N–H and O–H groups in total. The zero-order valence-electron chi connectivity index (χ0n) is 20.6. The number of aliphatic hydroxyl groups excluding tert-OH is 1. The Morgan fingerprint density at radius 2 is 1.64 bits per heavy atom. The van der Waals surface area contributed by atoms with Gasteiger partial charge >= 0.3 is 5.97 Å². The third-order valence-corrected chi connectivity index (χ3v) is 5.62. The molecule has 2 aromatic rings. The van der Waals surface area contributed by atoms with Crippen LogP contribution in [0.3, 0.4) is 0 Å². The van der Waals surface area contributed by atoms with Crippen molar-refractivity contribution in [2.75, 3.05) is 13.2 Å². The molecule has 2 amide bonds. The monoisotopic (exact) mass is 492 g/mol. The molecule has 0 aliphatic carbocycles. The molecule has 0 saturated carbocycles. The van der Waals surface area contributed by atoms with Crippen LogP contribution in [0.25, 0.3) is 0 Å². The molecule has 0 aliphatic heterocycles. The Morgan fingerprint density at radius 3 is 2.25 bits per heavy atom. The van der Waals surface area contributed by atoms with E-state index >= 15 is 0 Å². The minimum absolute atomic E-state index is 0.0573. The van der Waals surface area contributed by atoms with Gasteiger partial charge in [-0.15, -0.1) is 13.2 Å². The molecule has 0 aromatic heterocycles. The van der Waals surface area contributed by atoms with Crippen molar-refractivity contribution in [1.82, 2.24) is 10.6 Å². The van der Waals surface area contributed by atoms with E-state index in [9.17, 15) is 19.5 Å². The number of hydrogen-bond donors (Lipinski definition) is 3. The van der Waals surface area contributed by atoms with Crippen LogP contribution in [-0.4, -0.2) is 42.1 Å². The molecule has 0 heterocycles. The van der Waals surface area contributed by atoms with E-state index in [1.165, 1.54) is 0 Å². The van der Waals surface area contributed by atoms with E-state index in [0.29, 0.717) is 19.3 Å². The Kier molecular flexibility index (Phi) is 12.7. The van der Waals surface area contributed by atoms with Crippen LogP contribution in [0.2, 0.25) is 0 Å². The van der Waals surface area contributed by atoms with Gasteiger partial charge in [-0.3, -0.25) is 14.4 Å². The average Bonchev–Trinajstić information content (AvgIpc) is 2.90. The zero-order valence-corrected chi connectivity index (χ0v) is 20.6. The molecule has 0 bridgehead atoms. The highest BCUT2D eigenvalue weighted by Crippen LogP contribution is 2.19. The highest BCUT2D eigenvalue weighted by Gasteiger charge is 2.24. The zero-order chi connectivity index (χ0) is 26.2. The van der Waals surface area contributed by atoms with Gasteiger partial charge in [-0.2, -0.15) is 0 Å². The summed E-state index contributed by atoms with van der Waals surface area (Å²) >= 11 is 0. The van der Waals surface area contributed by atoms with Gasteiger partial charge in [0.15, 0.2) is 0 Å². The molecule has 192 valence electrons. The maximum absolute atomic E-state index is 13.0. The fourth-order valence-electron chi connectivity index (χ4n) is 3.72. The lowest BCUT2D eigenvalue weighted by molar-refractivity contribution is -0.150. The van der Waals surface area contributed by atoms with Crippen molar-refractivity contribution in [3.63, 3.8) is 0 Å². The smallest absolute Gasteiger partial charge is 0.306 e. The van der Waals surface area contributed by atoms with Crippen LogP contribution in [0.4, 0.5) is 0 Å². The summed E-state index contributed by atoms with van der Waals surface area (Å²) in [5.74, 6) is -1.70. The summed E-state index contributed by atoms with van der Waals surface area (Å²) in [6.45, 7) is 7.18. The SMILES string of the molecule is C=CCCC(=O)O[C@H](CNC(=O)[C@H](CC=C)CC(=O)N[C@H](CO)Cc1ccccc1)c1ccccc1. The van der Waals surface area contributed by atoms with Crippen molar-refractivity contribution in [1.29, 1.82) is 0 Å². The topological polar surface area (TPSA) is 105 Å². The fraction of sp³-hybridized carbons (Fsp3) is 0.345. The summed E-state index contributed by atoms with van der Waals surface area (Å²) < 4.78 is 5.60. The van der Waals surface area contributed by atoms with Gasteiger partial charge in [0.05, 0.1) is 25.1 Å². The second kappa shape index (κ2) is 16.1. The molecule has 0 fully saturated rings. The molecule has 0 unspecified atom stereocenters. The predicted molar refractivity (Wildman–Crippen MR) is 140 cm³/mol. The molecule has 2 rings (SSSR count). The first-order valence-electron chi connectivity index (χ1n) is 12.1. The number of carbonyl (C=O) groups is 3. The second-order valence-corrected chi connectivity index (χ2v) is 8.52. The lowest BCUT2D eigenvalue weighted by Gasteiger charge is -2.22. The predicted octanol–water partition coefficient (Wildman–Crippen LogP) is 3.66. The molecule has 36 heavy (non-hydrogen) atoms. The Hall–Kier alpha value is -3.71. The van der Waals surface area contributed by atoms with Gasteiger partial charge in [0.1, 0.15) is 6.10 Å². The van der Waals surface area contributed by atoms with Gasteiger partial charge in [-0.25, -0.2) is 0 Å².